The van der Waals surface area contributed by atoms with Gasteiger partial charge in [0.25, 0.3) is 0 Å². The lowest BCUT2D eigenvalue weighted by Gasteiger charge is -2.39. The van der Waals surface area contributed by atoms with Gasteiger partial charge in [-0.2, -0.15) is 0 Å². The van der Waals surface area contributed by atoms with E-state index in [9.17, 15) is 28.8 Å². The van der Waals surface area contributed by atoms with E-state index in [0.29, 0.717) is 51.9 Å². The molecule has 0 radical (unpaired) electrons. The molecule has 0 aliphatic carbocycles. The molecule has 4 N–H and O–H groups in total. The molecule has 15 nitrogen and oxygen atoms in total. The number of likely N-dealkylation sites (tertiary alicyclic amines) is 1. The summed E-state index contributed by atoms with van der Waals surface area (Å²) in [5.41, 5.74) is 3.88. The molecule has 0 bridgehead atoms. The van der Waals surface area contributed by atoms with Crippen LogP contribution in [0.15, 0.2) is 48.5 Å². The fourth-order valence-corrected chi connectivity index (χ4v) is 9.31. The van der Waals surface area contributed by atoms with Crippen LogP contribution in [-0.2, 0) is 28.8 Å². The second-order valence-electron chi connectivity index (χ2n) is 17.4. The van der Waals surface area contributed by atoms with E-state index in [4.69, 9.17) is 4.98 Å². The van der Waals surface area contributed by atoms with E-state index in [1.54, 1.807) is 35.6 Å². The summed E-state index contributed by atoms with van der Waals surface area (Å²) >= 11 is 0. The quantitative estimate of drug-likeness (QED) is 0.114. The monoisotopic (exact) mass is 868 g/mol. The average Bonchev–Trinajstić information content (AvgIpc) is 4.09. The summed E-state index contributed by atoms with van der Waals surface area (Å²) in [4.78, 5) is 96.0. The van der Waals surface area contributed by atoms with Crippen LogP contribution in [-0.4, -0.2) is 135 Å². The van der Waals surface area contributed by atoms with Gasteiger partial charge in [0.15, 0.2) is 0 Å². The number of nitrogens with one attached hydrogen (secondary N) is 4. The second kappa shape index (κ2) is 22.9. The van der Waals surface area contributed by atoms with Crippen molar-refractivity contribution in [3.63, 3.8) is 0 Å². The van der Waals surface area contributed by atoms with Crippen molar-refractivity contribution in [1.29, 1.82) is 0 Å². The number of benzene rings is 2. The van der Waals surface area contributed by atoms with Crippen molar-refractivity contribution in [2.75, 3.05) is 46.3 Å². The molecule has 2 aromatic carbocycles. The maximum Gasteiger partial charge on any atom is 0.247 e. The lowest BCUT2D eigenvalue weighted by molar-refractivity contribution is -0.144. The first-order chi connectivity index (χ1) is 30.5. The zero-order valence-electron chi connectivity index (χ0n) is 37.8. The van der Waals surface area contributed by atoms with Gasteiger partial charge in [0.2, 0.25) is 35.4 Å². The number of rotatable bonds is 20. The summed E-state index contributed by atoms with van der Waals surface area (Å²) in [5, 5.41) is 8.79. The van der Waals surface area contributed by atoms with Gasteiger partial charge in [0.05, 0.1) is 23.1 Å². The zero-order chi connectivity index (χ0) is 44.9. The molecule has 15 heteroatoms. The Labute approximate surface area is 372 Å². The van der Waals surface area contributed by atoms with Crippen LogP contribution in [0.5, 0.6) is 0 Å². The summed E-state index contributed by atoms with van der Waals surface area (Å²) in [5.74, 6) is -0.106. The summed E-state index contributed by atoms with van der Waals surface area (Å²) in [6.07, 6.45) is 10.1. The molecule has 342 valence electrons. The van der Waals surface area contributed by atoms with Gasteiger partial charge in [-0.05, 0) is 77.5 Å². The van der Waals surface area contributed by atoms with Crippen molar-refractivity contribution >= 4 is 46.5 Å². The van der Waals surface area contributed by atoms with E-state index < -0.39 is 18.1 Å². The number of hydrogen-bond acceptors (Lipinski definition) is 8. The topological polar surface area (TPSA) is 180 Å². The Morgan fingerprint density at radius 1 is 0.857 bits per heavy atom. The molecule has 0 saturated carbocycles. The Balaban J connectivity index is 0.991. The normalized spacial score (nSPS) is 19.9. The fraction of sp³-hybridized carbons (Fsp3) is 0.604. The number of hydrogen-bond donors (Lipinski definition) is 4. The van der Waals surface area contributed by atoms with Gasteiger partial charge in [0.1, 0.15) is 17.9 Å². The molecule has 0 spiro atoms. The lowest BCUT2D eigenvalue weighted by Crippen LogP contribution is -2.60. The van der Waals surface area contributed by atoms with E-state index >= 15 is 0 Å². The van der Waals surface area contributed by atoms with Crippen molar-refractivity contribution in [3.05, 3.63) is 54.4 Å². The van der Waals surface area contributed by atoms with Crippen LogP contribution in [0.3, 0.4) is 0 Å². The van der Waals surface area contributed by atoms with E-state index in [1.807, 2.05) is 42.2 Å². The minimum absolute atomic E-state index is 0.0145. The van der Waals surface area contributed by atoms with Crippen LogP contribution in [0.1, 0.15) is 123 Å². The molecule has 3 saturated heterocycles. The molecule has 6 rings (SSSR count). The Morgan fingerprint density at radius 3 is 2.27 bits per heavy atom. The zero-order valence-corrected chi connectivity index (χ0v) is 37.8. The summed E-state index contributed by atoms with van der Waals surface area (Å²) in [7, 11) is 1.70. The Morgan fingerprint density at radius 2 is 1.57 bits per heavy atom. The maximum atomic E-state index is 14.6. The minimum Gasteiger partial charge on any atom is -0.343 e. The summed E-state index contributed by atoms with van der Waals surface area (Å²) in [6.45, 7) is 8.00. The molecular weight excluding hydrogens is 799 g/mol. The predicted octanol–water partition coefficient (Wildman–Crippen LogP) is 5.07. The molecular formula is C48H69N9O6. The maximum absolute atomic E-state index is 14.6. The molecule has 3 fully saturated rings. The van der Waals surface area contributed by atoms with Gasteiger partial charge < -0.3 is 40.5 Å². The van der Waals surface area contributed by atoms with Gasteiger partial charge in [-0.15, -0.1) is 0 Å². The molecule has 5 atom stereocenters. The van der Waals surface area contributed by atoms with Crippen molar-refractivity contribution in [1.82, 2.24) is 45.5 Å². The van der Waals surface area contributed by atoms with Crippen LogP contribution in [0, 0.1) is 0 Å². The highest BCUT2D eigenvalue weighted by molar-refractivity contribution is 5.93. The number of nitrogens with zero attached hydrogens (tertiary/aromatic N) is 5. The van der Waals surface area contributed by atoms with E-state index in [2.05, 4.69) is 39.1 Å². The molecule has 63 heavy (non-hydrogen) atoms. The van der Waals surface area contributed by atoms with E-state index in [0.717, 1.165) is 85.8 Å². The molecule has 3 aromatic rings. The summed E-state index contributed by atoms with van der Waals surface area (Å²) in [6, 6.07) is 13.7. The van der Waals surface area contributed by atoms with Crippen LogP contribution in [0.4, 0.5) is 0 Å². The third kappa shape index (κ3) is 12.0. The highest BCUT2D eigenvalue weighted by atomic mass is 16.2. The largest absolute Gasteiger partial charge is 0.343 e. The molecule has 4 heterocycles. The summed E-state index contributed by atoms with van der Waals surface area (Å²) < 4.78 is 0. The Bertz CT molecular complexity index is 2030. The third-order valence-corrected chi connectivity index (χ3v) is 13.2. The average molecular weight is 868 g/mol. The van der Waals surface area contributed by atoms with Gasteiger partial charge in [0, 0.05) is 70.1 Å². The lowest BCUT2D eigenvalue weighted by atomic mass is 10.0. The van der Waals surface area contributed by atoms with Crippen LogP contribution >= 0.6 is 0 Å². The van der Waals surface area contributed by atoms with Crippen molar-refractivity contribution < 1.29 is 28.8 Å². The predicted molar refractivity (Wildman–Crippen MR) is 243 cm³/mol. The van der Waals surface area contributed by atoms with Crippen molar-refractivity contribution in [2.24, 2.45) is 0 Å². The number of imidazole rings is 1. The molecule has 3 aliphatic heterocycles. The fourth-order valence-electron chi connectivity index (χ4n) is 9.31. The van der Waals surface area contributed by atoms with Crippen molar-refractivity contribution in [3.8, 4) is 11.1 Å². The number of aromatic nitrogens is 2. The Kier molecular flexibility index (Phi) is 17.1. The van der Waals surface area contributed by atoms with Gasteiger partial charge in [-0.3, -0.25) is 28.8 Å². The van der Waals surface area contributed by atoms with Gasteiger partial charge in [-0.25, -0.2) is 4.98 Å². The number of unbranched alkanes of at least 4 members (excludes halogenated alkanes) is 5. The standard InChI is InChI=1S/C48H69N9O6/c1-5-41(58)50-38(47(62)55-28-16-17-29-55)31-54(6-2)42(59)23-14-9-7-8-10-15-24-43(60)56-30-27-35-25-26-40(57(35)48(63)39(32-56)52-46(61)33(3)49-4)45-51-37-22-18-21-36(44(37)53-45)34-19-12-11-13-20-34/h11-13,18-22,33,35,38-40,49H,5-10,14-17,23-32H2,1-4H3,(H,50,58)(H,51,53)(H,52,61)/t33?,35?,38-,39?,40?/m0/s1. The number of carbonyl (C=O) groups excluding carboxylic acids is 6. The molecule has 1 aromatic heterocycles. The SMILES string of the molecule is CCC(=O)N[C@@H](CN(CC)C(=O)CCCCCCCCC(=O)N1CCC2CCC(c3nc4cccc(-c5ccccc5)c4[nH]3)N2C(=O)C(NC(=O)C(C)NC)C1)C(=O)N1CCCC1. The van der Waals surface area contributed by atoms with Crippen molar-refractivity contribution in [2.45, 2.75) is 141 Å². The van der Waals surface area contributed by atoms with Gasteiger partial charge >= 0.3 is 0 Å². The minimum atomic E-state index is -0.900. The number of fused-ring (bicyclic) bond motifs is 2. The highest BCUT2D eigenvalue weighted by Gasteiger charge is 2.44. The van der Waals surface area contributed by atoms with E-state index in [1.165, 1.54) is 0 Å². The van der Waals surface area contributed by atoms with E-state index in [-0.39, 0.29) is 67.0 Å². The smallest absolute Gasteiger partial charge is 0.247 e. The number of amides is 6. The first kappa shape index (κ1) is 47.2. The number of para-hydroxylation sites is 1. The molecule has 3 aliphatic rings. The first-order valence-electron chi connectivity index (χ1n) is 23.5. The number of aromatic amines is 1. The second-order valence-corrected chi connectivity index (χ2v) is 17.4. The Hall–Kier alpha value is -5.31. The number of likely N-dealkylation sites (N-methyl/N-ethyl adjacent to an activating group) is 2. The van der Waals surface area contributed by atoms with Crippen LogP contribution < -0.4 is 16.0 Å². The first-order valence-corrected chi connectivity index (χ1v) is 23.5. The van der Waals surface area contributed by atoms with Crippen LogP contribution in [0.25, 0.3) is 22.2 Å². The molecule has 4 unspecified atom stereocenters. The van der Waals surface area contributed by atoms with Crippen LogP contribution in [0.2, 0.25) is 0 Å². The van der Waals surface area contributed by atoms with Gasteiger partial charge in [-0.1, -0.05) is 75.1 Å². The number of carbonyl (C=O) groups is 6. The highest BCUT2D eigenvalue weighted by Crippen LogP contribution is 2.39. The molecule has 6 amide bonds. The third-order valence-electron chi connectivity index (χ3n) is 13.2. The number of H-pyrrole nitrogens is 1.